The minimum atomic E-state index is -0.140. The number of hydrogen-bond acceptors (Lipinski definition) is 3. The number of nitrogens with one attached hydrogen (secondary N) is 1. The summed E-state index contributed by atoms with van der Waals surface area (Å²) in [5, 5.41) is 23.6. The molecule has 1 heterocycles. The number of phenolic OH excluding ortho intramolecular Hbond substituents is 1. The summed E-state index contributed by atoms with van der Waals surface area (Å²) in [6.45, 7) is 7.22. The van der Waals surface area contributed by atoms with Crippen LogP contribution in [0.2, 0.25) is 5.02 Å². The van der Waals surface area contributed by atoms with Crippen LogP contribution in [0, 0.1) is 22.7 Å². The normalized spacial score (nSPS) is 26.4. The number of aromatic hydroxyl groups is 1. The second kappa shape index (κ2) is 5.63. The van der Waals surface area contributed by atoms with Crippen LogP contribution in [-0.2, 0) is 0 Å². The summed E-state index contributed by atoms with van der Waals surface area (Å²) in [4.78, 5) is 0. The molecule has 0 spiro atoms. The molecule has 2 rings (SSSR count). The van der Waals surface area contributed by atoms with Crippen molar-refractivity contribution in [3.8, 4) is 11.8 Å². The molecule has 2 N–H and O–H groups in total. The first-order chi connectivity index (χ1) is 9.31. The minimum absolute atomic E-state index is 0.00829. The zero-order chi connectivity index (χ0) is 14.9. The summed E-state index contributed by atoms with van der Waals surface area (Å²) in [5.41, 5.74) is 0.936. The highest BCUT2D eigenvalue weighted by Crippen LogP contribution is 2.40. The predicted molar refractivity (Wildman–Crippen MR) is 80.8 cm³/mol. The summed E-state index contributed by atoms with van der Waals surface area (Å²) in [6.07, 6.45) is 0.934. The lowest BCUT2D eigenvalue weighted by Crippen LogP contribution is -2.31. The van der Waals surface area contributed by atoms with Gasteiger partial charge in [-0.1, -0.05) is 32.4 Å². The Hall–Kier alpha value is -1.24. The highest BCUT2D eigenvalue weighted by atomic mass is 35.5. The van der Waals surface area contributed by atoms with Gasteiger partial charge in [-0.3, -0.25) is 0 Å². The molecule has 0 radical (unpaired) electrons. The Balaban J connectivity index is 2.26. The van der Waals surface area contributed by atoms with Gasteiger partial charge in [0.05, 0.1) is 12.0 Å². The predicted octanol–water partition coefficient (Wildman–Crippen LogP) is 3.68. The van der Waals surface area contributed by atoms with Crippen LogP contribution in [0.25, 0.3) is 0 Å². The van der Waals surface area contributed by atoms with Crippen molar-refractivity contribution in [2.75, 3.05) is 6.54 Å². The molecular formula is C16H21ClN2O. The van der Waals surface area contributed by atoms with E-state index in [2.05, 4.69) is 32.2 Å². The number of halogens is 1. The molecule has 20 heavy (non-hydrogen) atoms. The lowest BCUT2D eigenvalue weighted by molar-refractivity contribution is 0.303. The van der Waals surface area contributed by atoms with Crippen LogP contribution in [0.4, 0.5) is 0 Å². The van der Waals surface area contributed by atoms with Crippen molar-refractivity contribution < 1.29 is 5.11 Å². The van der Waals surface area contributed by atoms with Crippen LogP contribution in [0.3, 0.4) is 0 Å². The van der Waals surface area contributed by atoms with E-state index < -0.39 is 0 Å². The smallest absolute Gasteiger partial charge is 0.119 e. The average Bonchev–Trinajstić information content (AvgIpc) is 2.72. The Morgan fingerprint density at radius 2 is 2.15 bits per heavy atom. The van der Waals surface area contributed by atoms with Gasteiger partial charge < -0.3 is 10.4 Å². The summed E-state index contributed by atoms with van der Waals surface area (Å²) in [7, 11) is 0. The van der Waals surface area contributed by atoms with Crippen molar-refractivity contribution in [1.29, 1.82) is 5.26 Å². The summed E-state index contributed by atoms with van der Waals surface area (Å²) < 4.78 is 0. The Bertz CT molecular complexity index is 530. The first-order valence-electron chi connectivity index (χ1n) is 6.93. The van der Waals surface area contributed by atoms with E-state index in [9.17, 15) is 10.4 Å². The van der Waals surface area contributed by atoms with Crippen molar-refractivity contribution in [3.05, 3.63) is 28.8 Å². The molecule has 1 saturated heterocycles. The van der Waals surface area contributed by atoms with E-state index in [1.807, 2.05) is 0 Å². The molecule has 0 aromatic heterocycles. The van der Waals surface area contributed by atoms with Gasteiger partial charge in [-0.25, -0.2) is 0 Å². The third-order valence-corrected chi connectivity index (χ3v) is 4.07. The summed E-state index contributed by atoms with van der Waals surface area (Å²) in [6, 6.07) is 7.61. The highest BCUT2D eigenvalue weighted by molar-refractivity contribution is 6.30. The van der Waals surface area contributed by atoms with Crippen LogP contribution in [0.5, 0.6) is 5.75 Å². The molecule has 3 atom stereocenters. The van der Waals surface area contributed by atoms with Gasteiger partial charge in [-0.15, -0.1) is 0 Å². The van der Waals surface area contributed by atoms with E-state index >= 15 is 0 Å². The van der Waals surface area contributed by atoms with Crippen LogP contribution in [0.15, 0.2) is 18.2 Å². The number of nitrogens with zero attached hydrogens (tertiary/aromatic N) is 1. The fraction of sp³-hybridized carbons (Fsp3) is 0.562. The first-order valence-corrected chi connectivity index (χ1v) is 7.31. The summed E-state index contributed by atoms with van der Waals surface area (Å²) in [5.74, 6) is 0.0718. The van der Waals surface area contributed by atoms with Gasteiger partial charge in [0.25, 0.3) is 0 Å². The molecule has 0 amide bonds. The molecule has 1 aliphatic heterocycles. The summed E-state index contributed by atoms with van der Waals surface area (Å²) >= 11 is 6.01. The molecule has 1 aromatic rings. The topological polar surface area (TPSA) is 56.0 Å². The first kappa shape index (κ1) is 15.2. The second-order valence-corrected chi connectivity index (χ2v) is 7.18. The van der Waals surface area contributed by atoms with E-state index in [0.717, 1.165) is 12.0 Å². The van der Waals surface area contributed by atoms with Gasteiger partial charge in [0.1, 0.15) is 5.75 Å². The fourth-order valence-corrected chi connectivity index (χ4v) is 3.16. The van der Waals surface area contributed by atoms with Gasteiger partial charge in [-0.2, -0.15) is 5.26 Å². The van der Waals surface area contributed by atoms with Crippen molar-refractivity contribution in [3.63, 3.8) is 0 Å². The molecule has 0 saturated carbocycles. The van der Waals surface area contributed by atoms with E-state index in [-0.39, 0.29) is 29.0 Å². The molecule has 0 aliphatic carbocycles. The molecule has 108 valence electrons. The zero-order valence-corrected chi connectivity index (χ0v) is 12.9. The van der Waals surface area contributed by atoms with Crippen LogP contribution in [-0.4, -0.2) is 17.7 Å². The van der Waals surface area contributed by atoms with Gasteiger partial charge >= 0.3 is 0 Å². The van der Waals surface area contributed by atoms with Crippen molar-refractivity contribution in [1.82, 2.24) is 5.32 Å². The molecule has 3 nitrogen and oxygen atoms in total. The van der Waals surface area contributed by atoms with Gasteiger partial charge in [0.2, 0.25) is 0 Å². The quantitative estimate of drug-likeness (QED) is 0.874. The molecule has 3 unspecified atom stereocenters. The monoisotopic (exact) mass is 292 g/mol. The van der Waals surface area contributed by atoms with E-state index in [1.54, 1.807) is 18.2 Å². The lowest BCUT2D eigenvalue weighted by Gasteiger charge is -2.26. The Morgan fingerprint density at radius 1 is 1.45 bits per heavy atom. The molecule has 1 aromatic carbocycles. The fourth-order valence-electron chi connectivity index (χ4n) is 2.98. The van der Waals surface area contributed by atoms with Gasteiger partial charge in [0, 0.05) is 29.1 Å². The third-order valence-electron chi connectivity index (χ3n) is 3.84. The van der Waals surface area contributed by atoms with Crippen molar-refractivity contribution in [2.24, 2.45) is 11.3 Å². The Morgan fingerprint density at radius 3 is 2.75 bits per heavy atom. The van der Waals surface area contributed by atoms with E-state index in [0.29, 0.717) is 11.6 Å². The van der Waals surface area contributed by atoms with E-state index in [4.69, 9.17) is 11.6 Å². The van der Waals surface area contributed by atoms with Gasteiger partial charge in [-0.05, 0) is 30.0 Å². The molecule has 1 aliphatic rings. The number of nitriles is 1. The SMILES string of the molecule is CC(C)(C)CC1NCC(c2cc(Cl)ccc2O)C1C#N. The van der Waals surface area contributed by atoms with Crippen LogP contribution in [0.1, 0.15) is 38.7 Å². The minimum Gasteiger partial charge on any atom is -0.508 e. The second-order valence-electron chi connectivity index (χ2n) is 6.74. The molecule has 0 bridgehead atoms. The number of phenols is 1. The standard InChI is InChI=1S/C16H21ClN2O/c1-16(2,3)7-14-12(8-18)13(9-19-14)11-6-10(17)4-5-15(11)20/h4-6,12-14,19-20H,7,9H2,1-3H3. The van der Waals surface area contributed by atoms with Crippen molar-refractivity contribution >= 4 is 11.6 Å². The lowest BCUT2D eigenvalue weighted by atomic mass is 9.79. The Labute approximate surface area is 125 Å². The maximum absolute atomic E-state index is 10.0. The largest absolute Gasteiger partial charge is 0.508 e. The maximum Gasteiger partial charge on any atom is 0.119 e. The molecule has 4 heteroatoms. The third kappa shape index (κ3) is 3.26. The number of rotatable bonds is 2. The average molecular weight is 293 g/mol. The van der Waals surface area contributed by atoms with E-state index in [1.165, 1.54) is 0 Å². The van der Waals surface area contributed by atoms with Crippen molar-refractivity contribution in [2.45, 2.75) is 39.2 Å². The molecular weight excluding hydrogens is 272 g/mol. The maximum atomic E-state index is 10.0. The number of hydrogen-bond donors (Lipinski definition) is 2. The number of benzene rings is 1. The van der Waals surface area contributed by atoms with Gasteiger partial charge in [0.15, 0.2) is 0 Å². The highest BCUT2D eigenvalue weighted by Gasteiger charge is 2.39. The van der Waals surface area contributed by atoms with Crippen LogP contribution >= 0.6 is 11.6 Å². The zero-order valence-electron chi connectivity index (χ0n) is 12.2. The van der Waals surface area contributed by atoms with Crippen LogP contribution < -0.4 is 5.32 Å². The Kier molecular flexibility index (Phi) is 4.27. The molecule has 1 fully saturated rings.